The number of carboxylic acid groups (broad SMARTS) is 1. The molecule has 1 amide bonds. The van der Waals surface area contributed by atoms with E-state index >= 15 is 0 Å². The first kappa shape index (κ1) is 13.2. The van der Waals surface area contributed by atoms with Gasteiger partial charge in [-0.2, -0.15) is 0 Å². The first-order valence-electron chi connectivity index (χ1n) is 5.30. The van der Waals surface area contributed by atoms with Gasteiger partial charge in [-0.15, -0.1) is 0 Å². The van der Waals surface area contributed by atoms with Gasteiger partial charge in [-0.05, 0) is 12.1 Å². The van der Waals surface area contributed by atoms with Crippen LogP contribution in [0.15, 0.2) is 34.0 Å². The lowest BCUT2D eigenvalue weighted by molar-refractivity contribution is 0.0690. The summed E-state index contributed by atoms with van der Waals surface area (Å²) in [6.45, 7) is 0. The van der Waals surface area contributed by atoms with Gasteiger partial charge >= 0.3 is 11.7 Å². The van der Waals surface area contributed by atoms with E-state index in [1.54, 1.807) is 0 Å². The Kier molecular flexibility index (Phi) is 3.42. The van der Waals surface area contributed by atoms with Gasteiger partial charge in [0.25, 0.3) is 11.5 Å². The Morgan fingerprint density at radius 1 is 1.20 bits per heavy atom. The number of carbonyl (C=O) groups is 2. The molecule has 0 saturated carbocycles. The van der Waals surface area contributed by atoms with Crippen molar-refractivity contribution in [2.45, 2.75) is 0 Å². The zero-order chi connectivity index (χ0) is 14.7. The van der Waals surface area contributed by atoms with Gasteiger partial charge < -0.3 is 15.4 Å². The number of nitrogens with zero attached hydrogens (tertiary/aromatic N) is 1. The first-order valence-corrected chi connectivity index (χ1v) is 5.30. The number of rotatable bonds is 3. The minimum absolute atomic E-state index is 0.174. The molecule has 9 nitrogen and oxygen atoms in total. The van der Waals surface area contributed by atoms with Gasteiger partial charge in [0.05, 0.1) is 11.9 Å². The monoisotopic (exact) mass is 276 g/mol. The third-order valence-electron chi connectivity index (χ3n) is 2.25. The first-order chi connectivity index (χ1) is 9.45. The van der Waals surface area contributed by atoms with Crippen LogP contribution in [0.1, 0.15) is 21.0 Å². The second-order valence-electron chi connectivity index (χ2n) is 3.69. The molecule has 0 bridgehead atoms. The molecule has 0 aliphatic rings. The van der Waals surface area contributed by atoms with Crippen LogP contribution in [0.2, 0.25) is 0 Å². The van der Waals surface area contributed by atoms with E-state index in [2.05, 4.69) is 15.3 Å². The summed E-state index contributed by atoms with van der Waals surface area (Å²) < 4.78 is 0. The van der Waals surface area contributed by atoms with E-state index in [9.17, 15) is 19.2 Å². The summed E-state index contributed by atoms with van der Waals surface area (Å²) in [5.74, 6) is -1.92. The number of nitrogens with one attached hydrogen (secondary N) is 3. The van der Waals surface area contributed by atoms with Gasteiger partial charge in [0.1, 0.15) is 11.4 Å². The summed E-state index contributed by atoms with van der Waals surface area (Å²) in [5, 5.41) is 11.0. The molecule has 2 rings (SSSR count). The summed E-state index contributed by atoms with van der Waals surface area (Å²) in [5.41, 5.74) is -1.69. The van der Waals surface area contributed by atoms with Crippen molar-refractivity contribution in [3.63, 3.8) is 0 Å². The molecule has 0 aromatic carbocycles. The van der Waals surface area contributed by atoms with Crippen molar-refractivity contribution in [2.75, 3.05) is 5.32 Å². The quantitative estimate of drug-likeness (QED) is 0.589. The van der Waals surface area contributed by atoms with E-state index in [1.807, 2.05) is 4.98 Å². The molecule has 0 spiro atoms. The SMILES string of the molecule is O=C(O)c1ccc(NC(=O)c2cc(=O)[nH]c(=O)[nH]2)cn1. The Hall–Kier alpha value is -3.23. The smallest absolute Gasteiger partial charge is 0.354 e. The summed E-state index contributed by atoms with van der Waals surface area (Å²) in [4.78, 5) is 52.1. The molecular weight excluding hydrogens is 268 g/mol. The summed E-state index contributed by atoms with van der Waals surface area (Å²) in [6, 6.07) is 3.47. The number of carboxylic acids is 1. The molecule has 4 N–H and O–H groups in total. The Balaban J connectivity index is 2.21. The van der Waals surface area contributed by atoms with Crippen molar-refractivity contribution >= 4 is 17.6 Å². The maximum Gasteiger partial charge on any atom is 0.354 e. The molecule has 20 heavy (non-hydrogen) atoms. The number of hydrogen-bond donors (Lipinski definition) is 4. The molecule has 0 atom stereocenters. The van der Waals surface area contributed by atoms with Crippen LogP contribution in [0.3, 0.4) is 0 Å². The number of pyridine rings is 1. The normalized spacial score (nSPS) is 10.0. The van der Waals surface area contributed by atoms with Crippen molar-refractivity contribution < 1.29 is 14.7 Å². The molecule has 0 radical (unpaired) electrons. The molecule has 2 heterocycles. The highest BCUT2D eigenvalue weighted by molar-refractivity contribution is 6.02. The summed E-state index contributed by atoms with van der Waals surface area (Å²) >= 11 is 0. The molecule has 0 aliphatic carbocycles. The van der Waals surface area contributed by atoms with Gasteiger partial charge in [0, 0.05) is 6.07 Å². The van der Waals surface area contributed by atoms with Gasteiger partial charge in [0.15, 0.2) is 0 Å². The van der Waals surface area contributed by atoms with Crippen LogP contribution >= 0.6 is 0 Å². The van der Waals surface area contributed by atoms with E-state index in [4.69, 9.17) is 5.11 Å². The fourth-order valence-electron chi connectivity index (χ4n) is 1.38. The highest BCUT2D eigenvalue weighted by atomic mass is 16.4. The number of aromatic carboxylic acids is 1. The second kappa shape index (κ2) is 5.18. The van der Waals surface area contributed by atoms with Gasteiger partial charge in [0.2, 0.25) is 0 Å². The largest absolute Gasteiger partial charge is 0.477 e. The van der Waals surface area contributed by atoms with E-state index in [0.717, 1.165) is 12.3 Å². The summed E-state index contributed by atoms with van der Waals surface area (Å²) in [6.07, 6.45) is 1.15. The number of H-pyrrole nitrogens is 2. The number of aromatic amines is 2. The average molecular weight is 276 g/mol. The topological polar surface area (TPSA) is 145 Å². The van der Waals surface area contributed by atoms with Gasteiger partial charge in [-0.1, -0.05) is 0 Å². The number of carbonyl (C=O) groups excluding carboxylic acids is 1. The zero-order valence-corrected chi connectivity index (χ0v) is 9.84. The van der Waals surface area contributed by atoms with Crippen molar-refractivity contribution in [3.8, 4) is 0 Å². The molecule has 9 heteroatoms. The molecule has 0 saturated heterocycles. The highest BCUT2D eigenvalue weighted by Gasteiger charge is 2.09. The van der Waals surface area contributed by atoms with Gasteiger partial charge in [-0.3, -0.25) is 14.6 Å². The number of amides is 1. The average Bonchev–Trinajstić information content (AvgIpc) is 2.38. The van der Waals surface area contributed by atoms with Crippen LogP contribution in [0.4, 0.5) is 5.69 Å². The second-order valence-corrected chi connectivity index (χ2v) is 3.69. The van der Waals surface area contributed by atoms with Crippen molar-refractivity contribution in [2.24, 2.45) is 0 Å². The molecule has 0 fully saturated rings. The lowest BCUT2D eigenvalue weighted by Crippen LogP contribution is -2.27. The summed E-state index contributed by atoms with van der Waals surface area (Å²) in [7, 11) is 0. The molecule has 2 aromatic rings. The molecule has 102 valence electrons. The third kappa shape index (κ3) is 2.96. The number of aromatic nitrogens is 3. The van der Waals surface area contributed by atoms with Gasteiger partial charge in [-0.25, -0.2) is 14.6 Å². The molecule has 0 unspecified atom stereocenters. The minimum atomic E-state index is -1.19. The Morgan fingerprint density at radius 3 is 2.50 bits per heavy atom. The predicted molar refractivity (Wildman–Crippen MR) is 66.8 cm³/mol. The Morgan fingerprint density at radius 2 is 1.95 bits per heavy atom. The fraction of sp³-hybridized carbons (Fsp3) is 0. The standard InChI is InChI=1S/C11H8N4O5/c16-8-3-7(14-11(20)15-8)9(17)13-5-1-2-6(10(18)19)12-4-5/h1-4H,(H,13,17)(H,18,19)(H2,14,15,16,20). The van der Waals surface area contributed by atoms with Crippen LogP contribution in [-0.4, -0.2) is 31.9 Å². The van der Waals surface area contributed by atoms with Crippen LogP contribution in [0.5, 0.6) is 0 Å². The number of hydrogen-bond acceptors (Lipinski definition) is 5. The van der Waals surface area contributed by atoms with E-state index in [1.165, 1.54) is 12.1 Å². The van der Waals surface area contributed by atoms with Crippen molar-refractivity contribution in [1.82, 2.24) is 15.0 Å². The van der Waals surface area contributed by atoms with Crippen LogP contribution in [-0.2, 0) is 0 Å². The van der Waals surface area contributed by atoms with E-state index < -0.39 is 23.1 Å². The molecule has 2 aromatic heterocycles. The van der Waals surface area contributed by atoms with Crippen LogP contribution in [0.25, 0.3) is 0 Å². The van der Waals surface area contributed by atoms with Crippen molar-refractivity contribution in [3.05, 3.63) is 56.6 Å². The predicted octanol–water partition coefficient (Wildman–Crippen LogP) is -0.591. The lowest BCUT2D eigenvalue weighted by Gasteiger charge is -2.04. The van der Waals surface area contributed by atoms with Crippen LogP contribution in [0, 0.1) is 0 Å². The zero-order valence-electron chi connectivity index (χ0n) is 9.84. The van der Waals surface area contributed by atoms with E-state index in [-0.39, 0.29) is 17.1 Å². The van der Waals surface area contributed by atoms with E-state index in [0.29, 0.717) is 0 Å². The Bertz CT molecular complexity index is 746. The Labute approximate surface area is 110 Å². The number of anilines is 1. The maximum absolute atomic E-state index is 11.8. The lowest BCUT2D eigenvalue weighted by atomic mass is 10.3. The van der Waals surface area contributed by atoms with Crippen LogP contribution < -0.4 is 16.6 Å². The third-order valence-corrected chi connectivity index (χ3v) is 2.25. The maximum atomic E-state index is 11.8. The molecule has 0 aliphatic heterocycles. The fourth-order valence-corrected chi connectivity index (χ4v) is 1.38. The minimum Gasteiger partial charge on any atom is -0.477 e. The van der Waals surface area contributed by atoms with Crippen molar-refractivity contribution in [1.29, 1.82) is 0 Å². The molecular formula is C11H8N4O5. The highest BCUT2D eigenvalue weighted by Crippen LogP contribution is 2.07.